The number of aryl methyl sites for hydroxylation is 2. The molecule has 0 radical (unpaired) electrons. The molecule has 0 amide bonds. The van der Waals surface area contributed by atoms with Gasteiger partial charge in [0.05, 0.1) is 18.5 Å². The number of ether oxygens (including phenoxy) is 4. The minimum absolute atomic E-state index is 0.0903. The zero-order chi connectivity index (χ0) is 29.9. The monoisotopic (exact) mass is 615 g/mol. The Bertz CT molecular complexity index is 1560. The van der Waals surface area contributed by atoms with E-state index in [1.54, 1.807) is 23.7 Å². The van der Waals surface area contributed by atoms with Gasteiger partial charge in [0.2, 0.25) is 5.79 Å². The van der Waals surface area contributed by atoms with Gasteiger partial charge < -0.3 is 23.4 Å². The van der Waals surface area contributed by atoms with Crippen molar-refractivity contribution in [1.82, 2.24) is 15.0 Å². The largest absolute Gasteiger partial charge is 0.471 e. The van der Waals surface area contributed by atoms with Gasteiger partial charge >= 0.3 is 5.63 Å². The molecule has 232 valence electrons. The summed E-state index contributed by atoms with van der Waals surface area (Å²) in [7, 11) is 0. The van der Waals surface area contributed by atoms with Crippen LogP contribution in [-0.4, -0.2) is 45.6 Å². The van der Waals surface area contributed by atoms with Gasteiger partial charge in [-0.1, -0.05) is 30.7 Å². The fraction of sp³-hybridized carbons (Fsp3) is 0.645. The lowest BCUT2D eigenvalue weighted by molar-refractivity contribution is -0.577. The van der Waals surface area contributed by atoms with E-state index in [0.29, 0.717) is 41.8 Å². The number of hydrogen-bond acceptors (Lipinski definition) is 10. The van der Waals surface area contributed by atoms with Gasteiger partial charge in [0.1, 0.15) is 16.4 Å². The van der Waals surface area contributed by atoms with E-state index in [4.69, 9.17) is 44.7 Å². The van der Waals surface area contributed by atoms with Crippen molar-refractivity contribution in [3.8, 4) is 5.75 Å². The second-order valence-corrected chi connectivity index (χ2v) is 13.1. The van der Waals surface area contributed by atoms with E-state index in [2.05, 4.69) is 24.2 Å². The Hall–Kier alpha value is -2.54. The highest BCUT2D eigenvalue weighted by atomic mass is 35.5. The van der Waals surface area contributed by atoms with Crippen molar-refractivity contribution in [3.05, 3.63) is 51.1 Å². The summed E-state index contributed by atoms with van der Waals surface area (Å²) in [6, 6.07) is 5.29. The smallest absolute Gasteiger partial charge is 0.355 e. The minimum atomic E-state index is -0.796. The number of aromatic nitrogens is 3. The molecular formula is C31H38ClN3O8. The third-order valence-corrected chi connectivity index (χ3v) is 10.4. The van der Waals surface area contributed by atoms with E-state index < -0.39 is 23.3 Å². The van der Waals surface area contributed by atoms with Gasteiger partial charge in [-0.3, -0.25) is 0 Å². The average molecular weight is 616 g/mol. The first-order chi connectivity index (χ1) is 20.7. The molecule has 12 heteroatoms. The molecular weight excluding hydrogens is 578 g/mol. The SMILES string of the molecule is Cc1c(Cl)c(=O)oc2cc(OCn3cc(CCCO[C@H]4O[C@@H]5O[C@@]6(C)CC[C@H]7[C@H](C)CC[C@@H]([C@H]4C)[C@@]57OO6)nn3)ccc12. The van der Waals surface area contributed by atoms with E-state index >= 15 is 0 Å². The summed E-state index contributed by atoms with van der Waals surface area (Å²) in [5, 5.41) is 9.31. The van der Waals surface area contributed by atoms with Crippen molar-refractivity contribution in [2.24, 2.45) is 23.7 Å². The van der Waals surface area contributed by atoms with E-state index in [1.165, 1.54) is 0 Å². The molecule has 1 spiro atoms. The summed E-state index contributed by atoms with van der Waals surface area (Å²) in [5.74, 6) is 0.985. The molecule has 43 heavy (non-hydrogen) atoms. The van der Waals surface area contributed by atoms with Crippen LogP contribution in [0.3, 0.4) is 0 Å². The highest BCUT2D eigenvalue weighted by Gasteiger charge is 2.69. The Labute approximate surface area is 254 Å². The van der Waals surface area contributed by atoms with Crippen LogP contribution in [0.5, 0.6) is 5.75 Å². The van der Waals surface area contributed by atoms with Gasteiger partial charge in [-0.25, -0.2) is 19.3 Å². The molecule has 0 N–H and O–H groups in total. The zero-order valence-electron chi connectivity index (χ0n) is 24.9. The fourth-order valence-electron chi connectivity index (χ4n) is 7.57. The third kappa shape index (κ3) is 5.07. The van der Waals surface area contributed by atoms with Gasteiger partial charge in [-0.2, -0.15) is 0 Å². The lowest BCUT2D eigenvalue weighted by Gasteiger charge is -2.60. The summed E-state index contributed by atoms with van der Waals surface area (Å²) in [4.78, 5) is 24.0. The topological polar surface area (TPSA) is 116 Å². The van der Waals surface area contributed by atoms with Crippen LogP contribution in [-0.2, 0) is 37.1 Å². The molecule has 3 aromatic rings. The maximum atomic E-state index is 11.9. The number of halogens is 1. The molecule has 2 aromatic heterocycles. The molecule has 8 atom stereocenters. The van der Waals surface area contributed by atoms with Crippen LogP contribution in [0.1, 0.15) is 64.1 Å². The maximum absolute atomic E-state index is 11.9. The second-order valence-electron chi connectivity index (χ2n) is 12.8. The lowest BCUT2D eigenvalue weighted by Crippen LogP contribution is -2.70. The summed E-state index contributed by atoms with van der Waals surface area (Å²) in [6.45, 7) is 8.91. The normalized spacial score (nSPS) is 35.1. The van der Waals surface area contributed by atoms with E-state index in [-0.39, 0.29) is 29.9 Å². The Morgan fingerprint density at radius 1 is 1.16 bits per heavy atom. The van der Waals surface area contributed by atoms with Crippen LogP contribution in [0.25, 0.3) is 11.0 Å². The van der Waals surface area contributed by atoms with Crippen molar-refractivity contribution in [1.29, 1.82) is 0 Å². The van der Waals surface area contributed by atoms with Crippen LogP contribution < -0.4 is 10.4 Å². The highest BCUT2D eigenvalue weighted by molar-refractivity contribution is 6.31. The molecule has 6 heterocycles. The van der Waals surface area contributed by atoms with Crippen molar-refractivity contribution in [3.63, 3.8) is 0 Å². The molecule has 1 aromatic carbocycles. The number of benzene rings is 1. The Morgan fingerprint density at radius 3 is 2.88 bits per heavy atom. The molecule has 1 aliphatic carbocycles. The van der Waals surface area contributed by atoms with Crippen LogP contribution in [0.15, 0.2) is 33.6 Å². The van der Waals surface area contributed by atoms with Gasteiger partial charge in [0.25, 0.3) is 0 Å². The van der Waals surface area contributed by atoms with E-state index in [0.717, 1.165) is 43.2 Å². The third-order valence-electron chi connectivity index (χ3n) is 9.97. The molecule has 4 saturated heterocycles. The van der Waals surface area contributed by atoms with E-state index in [9.17, 15) is 4.79 Å². The summed E-state index contributed by atoms with van der Waals surface area (Å²) in [5.41, 5.74) is 0.785. The zero-order valence-corrected chi connectivity index (χ0v) is 25.7. The first-order valence-corrected chi connectivity index (χ1v) is 15.6. The first-order valence-electron chi connectivity index (χ1n) is 15.2. The van der Waals surface area contributed by atoms with Crippen LogP contribution >= 0.6 is 11.6 Å². The number of fused-ring (bicyclic) bond motifs is 3. The quantitative estimate of drug-likeness (QED) is 0.182. The summed E-state index contributed by atoms with van der Waals surface area (Å²) < 4.78 is 32.0. The minimum Gasteiger partial charge on any atom is -0.471 e. The predicted molar refractivity (Wildman–Crippen MR) is 154 cm³/mol. The molecule has 5 aliphatic rings. The van der Waals surface area contributed by atoms with Crippen LogP contribution in [0.4, 0.5) is 0 Å². The molecule has 8 rings (SSSR count). The standard InChI is InChI=1S/C31H38ClN3O8/c1-17-7-10-24-19(3)28(40-29-31(24)23(17)11-12-30(4,41-29)42-43-31)37-13-5-6-20-15-35(34-33-20)16-38-21-8-9-22-18(2)26(32)27(36)39-25(22)14-21/h8-9,14-15,17,19,23-24,28-29H,5-7,10-13,16H2,1-4H3/t17-,19-,23+,24+,28+,29-,30-,31-/m1/s1. The Balaban J connectivity index is 0.929. The highest BCUT2D eigenvalue weighted by Crippen LogP contribution is 2.60. The Kier molecular flexibility index (Phi) is 7.55. The second kappa shape index (κ2) is 11.1. The average Bonchev–Trinajstić information content (AvgIpc) is 3.33. The summed E-state index contributed by atoms with van der Waals surface area (Å²) >= 11 is 6.02. The van der Waals surface area contributed by atoms with Gasteiger partial charge in [0.15, 0.2) is 24.9 Å². The molecule has 2 bridgehead atoms. The first kappa shape index (κ1) is 29.2. The van der Waals surface area contributed by atoms with Gasteiger partial charge in [-0.05, 0) is 75.5 Å². The molecule has 4 aliphatic heterocycles. The summed E-state index contributed by atoms with van der Waals surface area (Å²) in [6.07, 6.45) is 6.42. The van der Waals surface area contributed by atoms with Crippen molar-refractivity contribution in [2.45, 2.75) is 96.9 Å². The van der Waals surface area contributed by atoms with Crippen molar-refractivity contribution < 1.29 is 33.1 Å². The van der Waals surface area contributed by atoms with Crippen LogP contribution in [0.2, 0.25) is 5.02 Å². The molecule has 1 saturated carbocycles. The molecule has 5 fully saturated rings. The van der Waals surface area contributed by atoms with Crippen molar-refractivity contribution >= 4 is 22.6 Å². The lowest BCUT2D eigenvalue weighted by atomic mass is 9.58. The molecule has 11 nitrogen and oxygen atoms in total. The van der Waals surface area contributed by atoms with Gasteiger partial charge in [-0.15, -0.1) is 5.10 Å². The van der Waals surface area contributed by atoms with Crippen molar-refractivity contribution in [2.75, 3.05) is 6.61 Å². The predicted octanol–water partition coefficient (Wildman–Crippen LogP) is 5.54. The number of nitrogens with zero attached hydrogens (tertiary/aromatic N) is 3. The number of hydrogen-bond donors (Lipinski definition) is 0. The maximum Gasteiger partial charge on any atom is 0.355 e. The Morgan fingerprint density at radius 2 is 2.02 bits per heavy atom. The number of rotatable bonds is 8. The molecule has 0 unspecified atom stereocenters. The fourth-order valence-corrected chi connectivity index (χ4v) is 7.72. The van der Waals surface area contributed by atoms with Gasteiger partial charge in [0, 0.05) is 29.7 Å². The van der Waals surface area contributed by atoms with Crippen LogP contribution in [0, 0.1) is 30.6 Å². The van der Waals surface area contributed by atoms with E-state index in [1.807, 2.05) is 19.2 Å².